The van der Waals surface area contributed by atoms with Crippen LogP contribution < -0.4 is 0 Å². The van der Waals surface area contributed by atoms with Crippen molar-refractivity contribution in [1.29, 1.82) is 0 Å². The van der Waals surface area contributed by atoms with Crippen LogP contribution in [0.4, 0.5) is 0 Å². The summed E-state index contributed by atoms with van der Waals surface area (Å²) in [4.78, 5) is 36.4. The molecule has 0 radical (unpaired) electrons. The molecule has 170 valence electrons. The third-order valence-corrected chi connectivity index (χ3v) is 6.64. The van der Waals surface area contributed by atoms with Crippen LogP contribution in [0.15, 0.2) is 34.6 Å². The molecule has 0 aromatic heterocycles. The van der Waals surface area contributed by atoms with E-state index in [1.165, 1.54) is 6.92 Å². The van der Waals surface area contributed by atoms with E-state index in [1.54, 1.807) is 19.9 Å². The van der Waals surface area contributed by atoms with Gasteiger partial charge in [-0.05, 0) is 57.1 Å². The Labute approximate surface area is 183 Å². The summed E-state index contributed by atoms with van der Waals surface area (Å²) >= 11 is 0. The van der Waals surface area contributed by atoms with Gasteiger partial charge in [0.05, 0.1) is 6.42 Å². The second kappa shape index (κ2) is 8.26. The fourth-order valence-electron chi connectivity index (χ4n) is 5.00. The maximum absolute atomic E-state index is 12.4. The number of hydrogen-bond donors (Lipinski definition) is 1. The number of carbonyl (C=O) groups is 3. The average molecular weight is 433 g/mol. The largest absolute Gasteiger partial charge is 0.456 e. The Morgan fingerprint density at radius 3 is 2.58 bits per heavy atom. The smallest absolute Gasteiger partial charge is 0.331 e. The van der Waals surface area contributed by atoms with Crippen molar-refractivity contribution in [3.05, 3.63) is 34.6 Å². The number of esters is 3. The Balaban J connectivity index is 2.16. The van der Waals surface area contributed by atoms with Gasteiger partial charge in [-0.2, -0.15) is 0 Å². The van der Waals surface area contributed by atoms with E-state index in [0.29, 0.717) is 30.4 Å². The van der Waals surface area contributed by atoms with Gasteiger partial charge in [0.1, 0.15) is 11.4 Å². The van der Waals surface area contributed by atoms with Gasteiger partial charge in [0.25, 0.3) is 0 Å². The number of aliphatic hydroxyl groups is 1. The number of allylic oxidation sites excluding steroid dienone is 2. The Hall–Kier alpha value is -2.41. The van der Waals surface area contributed by atoms with Crippen molar-refractivity contribution in [3.8, 4) is 0 Å². The van der Waals surface area contributed by atoms with Gasteiger partial charge < -0.3 is 19.3 Å². The van der Waals surface area contributed by atoms with Crippen LogP contribution in [-0.4, -0.2) is 40.3 Å². The van der Waals surface area contributed by atoms with Crippen LogP contribution in [0.25, 0.3) is 0 Å². The summed E-state index contributed by atoms with van der Waals surface area (Å²) in [6.45, 7) is 10.8. The van der Waals surface area contributed by atoms with Crippen molar-refractivity contribution < 1.29 is 33.7 Å². The first kappa shape index (κ1) is 23.3. The molecule has 1 N–H and O–H groups in total. The average Bonchev–Trinajstić information content (AvgIpc) is 2.96. The molecule has 1 aliphatic carbocycles. The first-order valence-electron chi connectivity index (χ1n) is 10.8. The number of fused-ring (bicyclic) bond motifs is 2. The summed E-state index contributed by atoms with van der Waals surface area (Å²) in [5, 5.41) is 11.5. The SMILES string of the molecule is CC(=O)OC1/C(C)=C\C[C@@H]2C(C(C)C)=CC(=O)O[C@@]2(C)CC/C(C)=C2\OC(=O)C[C@@]21O. The molecule has 31 heavy (non-hydrogen) atoms. The lowest BCUT2D eigenvalue weighted by Gasteiger charge is -2.42. The van der Waals surface area contributed by atoms with Gasteiger partial charge in [-0.25, -0.2) is 4.79 Å². The summed E-state index contributed by atoms with van der Waals surface area (Å²) in [5.74, 6) is -1.27. The third-order valence-electron chi connectivity index (χ3n) is 6.64. The van der Waals surface area contributed by atoms with Crippen LogP contribution in [0, 0.1) is 11.8 Å². The lowest BCUT2D eigenvalue weighted by Crippen LogP contribution is -2.45. The van der Waals surface area contributed by atoms with E-state index in [9.17, 15) is 19.5 Å². The Morgan fingerprint density at radius 2 is 1.97 bits per heavy atom. The van der Waals surface area contributed by atoms with Crippen molar-refractivity contribution in [2.45, 2.75) is 84.5 Å². The summed E-state index contributed by atoms with van der Waals surface area (Å²) in [6, 6.07) is 0. The molecule has 3 rings (SSSR count). The van der Waals surface area contributed by atoms with Crippen molar-refractivity contribution in [3.63, 3.8) is 0 Å². The van der Waals surface area contributed by atoms with Crippen molar-refractivity contribution in [2.24, 2.45) is 11.8 Å². The Kier molecular flexibility index (Phi) is 6.20. The number of rotatable bonds is 2. The van der Waals surface area contributed by atoms with Gasteiger partial charge in [0, 0.05) is 18.9 Å². The summed E-state index contributed by atoms with van der Waals surface area (Å²) in [6.07, 6.45) is 3.63. The maximum atomic E-state index is 12.4. The molecule has 4 atom stereocenters. The first-order chi connectivity index (χ1) is 14.4. The fourth-order valence-corrected chi connectivity index (χ4v) is 5.00. The predicted octanol–water partition coefficient (Wildman–Crippen LogP) is 3.51. The summed E-state index contributed by atoms with van der Waals surface area (Å²) in [5.41, 5.74) is -0.229. The molecule has 0 saturated carbocycles. The molecule has 1 unspecified atom stereocenters. The second-order valence-corrected chi connectivity index (χ2v) is 9.44. The Bertz CT molecular complexity index is 894. The predicted molar refractivity (Wildman–Crippen MR) is 112 cm³/mol. The summed E-state index contributed by atoms with van der Waals surface area (Å²) in [7, 11) is 0. The highest BCUT2D eigenvalue weighted by Gasteiger charge is 2.54. The molecule has 0 aromatic carbocycles. The highest BCUT2D eigenvalue weighted by molar-refractivity contribution is 5.84. The minimum atomic E-state index is -1.77. The molecular formula is C24H32O7. The van der Waals surface area contributed by atoms with Crippen LogP contribution in [0.5, 0.6) is 0 Å². The van der Waals surface area contributed by atoms with Crippen LogP contribution in [0.3, 0.4) is 0 Å². The van der Waals surface area contributed by atoms with E-state index in [2.05, 4.69) is 0 Å². The highest BCUT2D eigenvalue weighted by Crippen LogP contribution is 2.46. The number of carbonyl (C=O) groups excluding carboxylic acids is 3. The van der Waals surface area contributed by atoms with Gasteiger partial charge in [0.15, 0.2) is 11.7 Å². The fraction of sp³-hybridized carbons (Fsp3) is 0.625. The third kappa shape index (κ3) is 4.33. The molecule has 7 heteroatoms. The standard InChI is InChI=1S/C24H32O7/c1-13(2)17-11-19(26)31-23(6)10-9-15(4)22-24(28,12-20(27)30-22)21(29-16(5)25)14(3)7-8-18(17)23/h7,11,13,18,21,28H,8-10,12H2,1-6H3/b14-7-,22-15-/t18-,21?,23+,24+/m1/s1. The molecule has 0 spiro atoms. The van der Waals surface area contributed by atoms with E-state index in [-0.39, 0.29) is 30.0 Å². The van der Waals surface area contributed by atoms with Crippen molar-refractivity contribution in [1.82, 2.24) is 0 Å². The topological polar surface area (TPSA) is 99.1 Å². The molecule has 0 amide bonds. The van der Waals surface area contributed by atoms with E-state index in [1.807, 2.05) is 26.8 Å². The monoisotopic (exact) mass is 432 g/mol. The highest BCUT2D eigenvalue weighted by atomic mass is 16.6. The molecular weight excluding hydrogens is 400 g/mol. The summed E-state index contributed by atoms with van der Waals surface area (Å²) < 4.78 is 16.8. The zero-order valence-electron chi connectivity index (χ0n) is 19.1. The van der Waals surface area contributed by atoms with Crippen LogP contribution in [0.1, 0.15) is 67.2 Å². The van der Waals surface area contributed by atoms with Crippen LogP contribution in [0.2, 0.25) is 0 Å². The van der Waals surface area contributed by atoms with Crippen molar-refractivity contribution in [2.75, 3.05) is 0 Å². The molecule has 3 aliphatic rings. The molecule has 1 saturated heterocycles. The van der Waals surface area contributed by atoms with Gasteiger partial charge in [0.2, 0.25) is 0 Å². The molecule has 1 fully saturated rings. The molecule has 0 bridgehead atoms. The van der Waals surface area contributed by atoms with E-state index >= 15 is 0 Å². The van der Waals surface area contributed by atoms with Gasteiger partial charge >= 0.3 is 17.9 Å². The number of ether oxygens (including phenoxy) is 3. The van der Waals surface area contributed by atoms with Gasteiger partial charge in [-0.3, -0.25) is 9.59 Å². The van der Waals surface area contributed by atoms with E-state index < -0.39 is 29.2 Å². The van der Waals surface area contributed by atoms with Gasteiger partial charge in [-0.1, -0.05) is 25.5 Å². The van der Waals surface area contributed by atoms with E-state index in [4.69, 9.17) is 14.2 Å². The molecule has 2 heterocycles. The van der Waals surface area contributed by atoms with Crippen molar-refractivity contribution >= 4 is 17.9 Å². The second-order valence-electron chi connectivity index (χ2n) is 9.44. The van der Waals surface area contributed by atoms with Crippen LogP contribution >= 0.6 is 0 Å². The zero-order valence-corrected chi connectivity index (χ0v) is 19.1. The Morgan fingerprint density at radius 1 is 1.29 bits per heavy atom. The molecule has 0 aromatic rings. The lowest BCUT2D eigenvalue weighted by atomic mass is 9.72. The quantitative estimate of drug-likeness (QED) is 0.405. The number of hydrogen-bond acceptors (Lipinski definition) is 7. The minimum absolute atomic E-state index is 0.0638. The molecule has 7 nitrogen and oxygen atoms in total. The van der Waals surface area contributed by atoms with Gasteiger partial charge in [-0.15, -0.1) is 0 Å². The molecule has 2 aliphatic heterocycles. The zero-order chi connectivity index (χ0) is 23.1. The van der Waals surface area contributed by atoms with Crippen LogP contribution in [-0.2, 0) is 28.6 Å². The van der Waals surface area contributed by atoms with E-state index in [0.717, 1.165) is 5.57 Å². The normalized spacial score (nSPS) is 38.1. The first-order valence-corrected chi connectivity index (χ1v) is 10.8. The minimum Gasteiger partial charge on any atom is -0.456 e. The maximum Gasteiger partial charge on any atom is 0.331 e. The lowest BCUT2D eigenvalue weighted by molar-refractivity contribution is -0.160.